The first-order valence-corrected chi connectivity index (χ1v) is 15.6. The maximum atomic E-state index is 14.8. The smallest absolute Gasteiger partial charge is 0.256 e. The Labute approximate surface area is 242 Å². The molecule has 6 heteroatoms. The van der Waals surface area contributed by atoms with E-state index < -0.39 is 11.0 Å². The van der Waals surface area contributed by atoms with Crippen molar-refractivity contribution in [1.29, 1.82) is 0 Å². The van der Waals surface area contributed by atoms with Gasteiger partial charge in [0, 0.05) is 18.5 Å². The quantitative estimate of drug-likeness (QED) is 0.343. The van der Waals surface area contributed by atoms with E-state index in [1.165, 1.54) is 23.6 Å². The van der Waals surface area contributed by atoms with E-state index in [0.717, 1.165) is 75.5 Å². The molecule has 41 heavy (non-hydrogen) atoms. The second-order valence-electron chi connectivity index (χ2n) is 14.4. The van der Waals surface area contributed by atoms with Crippen LogP contribution in [-0.4, -0.2) is 33.3 Å². The highest BCUT2D eigenvalue weighted by Crippen LogP contribution is 2.65. The molecule has 3 fully saturated rings. The molecule has 3 amide bonds. The van der Waals surface area contributed by atoms with Gasteiger partial charge in [-0.15, -0.1) is 0 Å². The molecule has 0 radical (unpaired) electrons. The minimum atomic E-state index is -0.713. The van der Waals surface area contributed by atoms with Crippen LogP contribution in [0.3, 0.4) is 0 Å². The third-order valence-corrected chi connectivity index (χ3v) is 12.3. The zero-order valence-corrected chi connectivity index (χ0v) is 24.8. The molecule has 1 spiro atoms. The molecule has 1 aliphatic heterocycles. The highest BCUT2D eigenvalue weighted by Gasteiger charge is 2.75. The number of hydrogen-bond acceptors (Lipinski definition) is 4. The Morgan fingerprint density at radius 2 is 1.46 bits per heavy atom. The summed E-state index contributed by atoms with van der Waals surface area (Å²) in [4.78, 5) is 42.3. The summed E-state index contributed by atoms with van der Waals surface area (Å²) in [6, 6.07) is 12.0. The number of nitrogens with zero attached hydrogens (tertiary/aromatic N) is 1. The number of aromatic hydroxyl groups is 1. The van der Waals surface area contributed by atoms with E-state index in [0.29, 0.717) is 0 Å². The molecule has 2 saturated carbocycles. The average molecular weight is 555 g/mol. The average Bonchev–Trinajstić information content (AvgIpc) is 3.50. The molecule has 6 nitrogen and oxygen atoms in total. The number of aryl methyl sites for hydroxylation is 2. The fourth-order valence-electron chi connectivity index (χ4n) is 10.4. The Morgan fingerprint density at radius 3 is 2.17 bits per heavy atom. The van der Waals surface area contributed by atoms with Crippen LogP contribution in [0.5, 0.6) is 5.75 Å². The van der Waals surface area contributed by atoms with Crippen LogP contribution in [0.25, 0.3) is 0 Å². The number of anilines is 1. The molecule has 0 aromatic heterocycles. The van der Waals surface area contributed by atoms with Gasteiger partial charge in [0.2, 0.25) is 11.8 Å². The maximum absolute atomic E-state index is 14.8. The highest BCUT2D eigenvalue weighted by molar-refractivity contribution is 6.17. The first kappa shape index (κ1) is 26.7. The Bertz CT molecular complexity index is 1500. The van der Waals surface area contributed by atoms with Crippen molar-refractivity contribution in [1.82, 2.24) is 4.90 Å². The summed E-state index contributed by atoms with van der Waals surface area (Å²) >= 11 is 0. The number of carbonyl (C=O) groups is 3. The SMILES string of the molecule is CC(=O)Nc1ccc2c(c1)[C@@]1(C)CCC[C@](C)(C(=O)N3C(=O)[C@]34CCC[C@]3(C)c5cc(O)ccc5CCC43)[C@@H]1CC2. The second-order valence-corrected chi connectivity index (χ2v) is 14.4. The summed E-state index contributed by atoms with van der Waals surface area (Å²) < 4.78 is 0. The maximum Gasteiger partial charge on any atom is 0.256 e. The van der Waals surface area contributed by atoms with Crippen LogP contribution in [-0.2, 0) is 38.1 Å². The van der Waals surface area contributed by atoms with Gasteiger partial charge in [-0.05, 0) is 121 Å². The summed E-state index contributed by atoms with van der Waals surface area (Å²) in [6.45, 7) is 8.23. The molecule has 1 saturated heterocycles. The van der Waals surface area contributed by atoms with Crippen LogP contribution < -0.4 is 5.32 Å². The molecule has 7 rings (SSSR count). The first-order valence-electron chi connectivity index (χ1n) is 15.6. The highest BCUT2D eigenvalue weighted by atomic mass is 16.3. The van der Waals surface area contributed by atoms with Crippen molar-refractivity contribution in [2.45, 2.75) is 108 Å². The fraction of sp³-hybridized carbons (Fsp3) is 0.571. The van der Waals surface area contributed by atoms with Gasteiger partial charge >= 0.3 is 0 Å². The van der Waals surface area contributed by atoms with Crippen LogP contribution in [0.2, 0.25) is 0 Å². The van der Waals surface area contributed by atoms with Gasteiger partial charge in [0.25, 0.3) is 5.91 Å². The van der Waals surface area contributed by atoms with E-state index in [1.54, 1.807) is 11.0 Å². The fourth-order valence-corrected chi connectivity index (χ4v) is 10.4. The lowest BCUT2D eigenvalue weighted by molar-refractivity contribution is -0.148. The number of carbonyl (C=O) groups excluding carboxylic acids is 3. The van der Waals surface area contributed by atoms with E-state index in [4.69, 9.17) is 0 Å². The van der Waals surface area contributed by atoms with Crippen molar-refractivity contribution >= 4 is 23.4 Å². The van der Waals surface area contributed by atoms with Crippen molar-refractivity contribution in [3.05, 3.63) is 58.7 Å². The lowest BCUT2D eigenvalue weighted by Crippen LogP contribution is -2.56. The van der Waals surface area contributed by atoms with Crippen LogP contribution in [0, 0.1) is 17.3 Å². The predicted molar refractivity (Wildman–Crippen MR) is 158 cm³/mol. The molecule has 1 heterocycles. The molecule has 216 valence electrons. The predicted octanol–water partition coefficient (Wildman–Crippen LogP) is 6.17. The number of imide groups is 1. The van der Waals surface area contributed by atoms with Crippen LogP contribution >= 0.6 is 0 Å². The third-order valence-electron chi connectivity index (χ3n) is 12.3. The van der Waals surface area contributed by atoms with Crippen LogP contribution in [0.1, 0.15) is 101 Å². The number of phenolic OH excluding ortho intramolecular Hbond substituents is 1. The number of amides is 3. The molecule has 1 unspecified atom stereocenters. The van der Waals surface area contributed by atoms with E-state index in [1.807, 2.05) is 18.2 Å². The van der Waals surface area contributed by atoms with Crippen LogP contribution in [0.4, 0.5) is 5.69 Å². The number of phenols is 1. The number of rotatable bonds is 2. The first-order chi connectivity index (χ1) is 19.4. The summed E-state index contributed by atoms with van der Waals surface area (Å²) in [7, 11) is 0. The molecule has 0 bridgehead atoms. The Hall–Kier alpha value is -3.15. The van der Waals surface area contributed by atoms with Crippen LogP contribution in [0.15, 0.2) is 36.4 Å². The summed E-state index contributed by atoms with van der Waals surface area (Å²) in [6.07, 6.45) is 8.93. The molecule has 5 aliphatic rings. The number of nitrogens with one attached hydrogen (secondary N) is 1. The molecule has 2 aromatic rings. The zero-order chi connectivity index (χ0) is 28.9. The monoisotopic (exact) mass is 554 g/mol. The van der Waals surface area contributed by atoms with E-state index in [-0.39, 0.29) is 46.1 Å². The van der Waals surface area contributed by atoms with Gasteiger partial charge in [-0.1, -0.05) is 39.3 Å². The Balaban J connectivity index is 1.23. The van der Waals surface area contributed by atoms with E-state index in [9.17, 15) is 19.5 Å². The van der Waals surface area contributed by atoms with E-state index in [2.05, 4.69) is 38.2 Å². The largest absolute Gasteiger partial charge is 0.508 e. The third kappa shape index (κ3) is 3.51. The van der Waals surface area contributed by atoms with Gasteiger partial charge in [0.15, 0.2) is 0 Å². The van der Waals surface area contributed by atoms with Crippen molar-refractivity contribution in [2.24, 2.45) is 17.3 Å². The second kappa shape index (κ2) is 8.68. The molecular formula is C35H42N2O4. The number of hydrogen-bond donors (Lipinski definition) is 2. The molecule has 4 aliphatic carbocycles. The van der Waals surface area contributed by atoms with Gasteiger partial charge < -0.3 is 10.4 Å². The standard InChI is InChI=1S/C35H42N2O4/c1-21(38)36-24-11-7-22-9-13-28-32(2,26(22)19-24)15-5-17-34(28,4)30(40)37-31(41)35(37)18-6-16-33(3)27-20-25(39)12-8-23(27)10-14-29(33)35/h7-8,11-12,19-20,28-29,39H,5-6,9-10,13-18H2,1-4H3,(H,36,38)/t28-,29?,32-,33-,34+,35-,37?/m1/s1. The van der Waals surface area contributed by atoms with Crippen molar-refractivity contribution in [3.63, 3.8) is 0 Å². The molecule has 6 atom stereocenters. The summed E-state index contributed by atoms with van der Waals surface area (Å²) in [5.74, 6) is 0.441. The number of fused-ring (bicyclic) bond motifs is 7. The lowest BCUT2D eigenvalue weighted by atomic mass is 9.49. The van der Waals surface area contributed by atoms with Gasteiger partial charge in [-0.2, -0.15) is 0 Å². The van der Waals surface area contributed by atoms with Gasteiger partial charge in [0.1, 0.15) is 11.3 Å². The van der Waals surface area contributed by atoms with Gasteiger partial charge in [-0.25, -0.2) is 0 Å². The lowest BCUT2D eigenvalue weighted by Gasteiger charge is -2.55. The molecular weight excluding hydrogens is 512 g/mol. The normalized spacial score (nSPS) is 37.0. The summed E-state index contributed by atoms with van der Waals surface area (Å²) in [5.41, 5.74) is 4.03. The summed E-state index contributed by atoms with van der Waals surface area (Å²) in [5, 5.41) is 13.3. The van der Waals surface area contributed by atoms with Gasteiger partial charge in [-0.3, -0.25) is 19.3 Å². The van der Waals surface area contributed by atoms with E-state index >= 15 is 0 Å². The van der Waals surface area contributed by atoms with Crippen molar-refractivity contribution in [2.75, 3.05) is 5.32 Å². The number of benzene rings is 2. The minimum absolute atomic E-state index is 0.0275. The van der Waals surface area contributed by atoms with Gasteiger partial charge in [0.05, 0.1) is 5.41 Å². The Morgan fingerprint density at radius 1 is 0.854 bits per heavy atom. The zero-order valence-electron chi connectivity index (χ0n) is 24.8. The molecule has 2 aromatic carbocycles. The Kier molecular flexibility index (Phi) is 5.66. The molecule has 2 N–H and O–H groups in total. The van der Waals surface area contributed by atoms with Crippen molar-refractivity contribution in [3.8, 4) is 5.75 Å². The van der Waals surface area contributed by atoms with Crippen molar-refractivity contribution < 1.29 is 19.5 Å². The minimum Gasteiger partial charge on any atom is -0.508 e. The topological polar surface area (TPSA) is 86.5 Å².